The summed E-state index contributed by atoms with van der Waals surface area (Å²) in [5, 5.41) is 6.81. The summed E-state index contributed by atoms with van der Waals surface area (Å²) in [4.78, 5) is 0. The monoisotopic (exact) mass is 164 g/mol. The number of hydrogen-bond donors (Lipinski definition) is 2. The molecule has 0 saturated carbocycles. The average molecular weight is 164 g/mol. The molecule has 3 nitrogen and oxygen atoms in total. The van der Waals surface area contributed by atoms with Gasteiger partial charge in [0.2, 0.25) is 0 Å². The maximum atomic E-state index is 6.81. The van der Waals surface area contributed by atoms with Gasteiger partial charge in [0.1, 0.15) is 11.5 Å². The maximum absolute atomic E-state index is 6.81. The molecule has 0 atom stereocenters. The van der Waals surface area contributed by atoms with Gasteiger partial charge in [0.25, 0.3) is 0 Å². The van der Waals surface area contributed by atoms with E-state index in [4.69, 9.17) is 15.6 Å². The zero-order valence-corrected chi connectivity index (χ0v) is 7.00. The van der Waals surface area contributed by atoms with Gasteiger partial charge in [-0.3, -0.25) is 0 Å². The Bertz CT molecular complexity index is 299. The van der Waals surface area contributed by atoms with Crippen LogP contribution in [0.25, 0.3) is 5.70 Å². The fraction of sp³-hybridized carbons (Fsp3) is 0.222. The van der Waals surface area contributed by atoms with Crippen molar-refractivity contribution < 1.29 is 4.42 Å². The molecule has 0 fully saturated rings. The van der Waals surface area contributed by atoms with Crippen LogP contribution in [0, 0.1) is 5.41 Å². The van der Waals surface area contributed by atoms with Crippen molar-refractivity contribution >= 4 is 11.9 Å². The molecule has 0 aliphatic carbocycles. The lowest BCUT2D eigenvalue weighted by Crippen LogP contribution is -1.94. The van der Waals surface area contributed by atoms with Crippen LogP contribution in [-0.2, 0) is 6.42 Å². The van der Waals surface area contributed by atoms with Gasteiger partial charge in [-0.1, -0.05) is 6.92 Å². The molecule has 0 unspecified atom stereocenters. The second kappa shape index (κ2) is 3.76. The quantitative estimate of drug-likeness (QED) is 0.669. The van der Waals surface area contributed by atoms with Crippen LogP contribution in [0.5, 0.6) is 0 Å². The topological polar surface area (TPSA) is 63.0 Å². The zero-order valence-electron chi connectivity index (χ0n) is 7.00. The maximum Gasteiger partial charge on any atom is 0.149 e. The van der Waals surface area contributed by atoms with Crippen molar-refractivity contribution in [2.45, 2.75) is 13.3 Å². The predicted octanol–water partition coefficient (Wildman–Crippen LogP) is 1.79. The van der Waals surface area contributed by atoms with E-state index >= 15 is 0 Å². The number of furan rings is 1. The summed E-state index contributed by atoms with van der Waals surface area (Å²) in [5.74, 6) is 1.54. The van der Waals surface area contributed by atoms with Crippen molar-refractivity contribution in [2.24, 2.45) is 5.73 Å². The normalized spacial score (nSPS) is 11.6. The second-order valence-electron chi connectivity index (χ2n) is 2.41. The van der Waals surface area contributed by atoms with Crippen molar-refractivity contribution in [1.82, 2.24) is 0 Å². The van der Waals surface area contributed by atoms with E-state index in [1.54, 1.807) is 0 Å². The Labute approximate surface area is 71.4 Å². The van der Waals surface area contributed by atoms with E-state index in [-0.39, 0.29) is 0 Å². The van der Waals surface area contributed by atoms with Gasteiger partial charge in [-0.05, 0) is 18.2 Å². The largest absolute Gasteiger partial charge is 0.460 e. The summed E-state index contributed by atoms with van der Waals surface area (Å²) in [6, 6.07) is 3.70. The van der Waals surface area contributed by atoms with Gasteiger partial charge in [-0.15, -0.1) is 0 Å². The lowest BCUT2D eigenvalue weighted by Gasteiger charge is -1.93. The van der Waals surface area contributed by atoms with Crippen LogP contribution < -0.4 is 5.73 Å². The molecule has 0 amide bonds. The van der Waals surface area contributed by atoms with Crippen LogP contribution in [0.1, 0.15) is 18.4 Å². The molecule has 64 valence electrons. The Morgan fingerprint density at radius 1 is 1.67 bits per heavy atom. The summed E-state index contributed by atoms with van der Waals surface area (Å²) >= 11 is 0. The highest BCUT2D eigenvalue weighted by Crippen LogP contribution is 2.13. The van der Waals surface area contributed by atoms with Crippen LogP contribution >= 0.6 is 0 Å². The molecule has 0 aliphatic rings. The molecule has 1 aromatic rings. The molecule has 1 heterocycles. The van der Waals surface area contributed by atoms with Crippen molar-refractivity contribution in [3.8, 4) is 0 Å². The fourth-order valence-corrected chi connectivity index (χ4v) is 0.895. The molecule has 3 N–H and O–H groups in total. The number of allylic oxidation sites excluding steroid dienone is 1. The molecule has 1 rings (SSSR count). The average Bonchev–Trinajstić information content (AvgIpc) is 2.52. The van der Waals surface area contributed by atoms with Crippen LogP contribution in [0.4, 0.5) is 0 Å². The van der Waals surface area contributed by atoms with Crippen LogP contribution in [0.2, 0.25) is 0 Å². The summed E-state index contributed by atoms with van der Waals surface area (Å²) in [6.07, 6.45) is 3.50. The number of hydrogen-bond acceptors (Lipinski definition) is 3. The third-order valence-electron chi connectivity index (χ3n) is 1.56. The summed E-state index contributed by atoms with van der Waals surface area (Å²) in [7, 11) is 0. The van der Waals surface area contributed by atoms with Gasteiger partial charge >= 0.3 is 0 Å². The first-order valence-corrected chi connectivity index (χ1v) is 3.83. The van der Waals surface area contributed by atoms with Crippen LogP contribution in [-0.4, -0.2) is 6.21 Å². The molecule has 0 radical (unpaired) electrons. The highest BCUT2D eigenvalue weighted by molar-refractivity contribution is 5.80. The van der Waals surface area contributed by atoms with E-state index in [1.807, 2.05) is 19.1 Å². The first kappa shape index (κ1) is 8.59. The fourth-order valence-electron chi connectivity index (χ4n) is 0.895. The number of rotatable bonds is 3. The highest BCUT2D eigenvalue weighted by Gasteiger charge is 2.01. The van der Waals surface area contributed by atoms with Gasteiger partial charge in [-0.25, -0.2) is 0 Å². The van der Waals surface area contributed by atoms with E-state index in [0.717, 1.165) is 18.4 Å². The highest BCUT2D eigenvalue weighted by atomic mass is 16.3. The van der Waals surface area contributed by atoms with Crippen LogP contribution in [0.3, 0.4) is 0 Å². The third-order valence-corrected chi connectivity index (χ3v) is 1.56. The molecule has 0 bridgehead atoms. The van der Waals surface area contributed by atoms with Gasteiger partial charge in [0, 0.05) is 12.6 Å². The minimum Gasteiger partial charge on any atom is -0.460 e. The van der Waals surface area contributed by atoms with Crippen molar-refractivity contribution in [2.75, 3.05) is 0 Å². The Morgan fingerprint density at radius 2 is 2.42 bits per heavy atom. The standard InChI is InChI=1S/C9H12N2O/c1-2-7-3-4-9(12-7)8(11)5-6-10/h3-6,10H,2,11H2,1H3/b8-5-,10-6?. The van der Waals surface area contributed by atoms with E-state index in [0.29, 0.717) is 11.5 Å². The van der Waals surface area contributed by atoms with Crippen LogP contribution in [0.15, 0.2) is 22.6 Å². The SMILES string of the molecule is CCc1ccc(/C(N)=C/C=N)o1. The number of aryl methyl sites for hydroxylation is 1. The minimum absolute atomic E-state index is 0.490. The predicted molar refractivity (Wildman–Crippen MR) is 49.0 cm³/mol. The smallest absolute Gasteiger partial charge is 0.149 e. The van der Waals surface area contributed by atoms with Crippen molar-refractivity contribution in [1.29, 1.82) is 5.41 Å². The molecule has 12 heavy (non-hydrogen) atoms. The van der Waals surface area contributed by atoms with Crippen molar-refractivity contribution in [3.05, 3.63) is 29.7 Å². The number of nitrogens with one attached hydrogen (secondary N) is 1. The van der Waals surface area contributed by atoms with Crippen molar-refractivity contribution in [3.63, 3.8) is 0 Å². The first-order chi connectivity index (χ1) is 5.77. The van der Waals surface area contributed by atoms with E-state index in [2.05, 4.69) is 0 Å². The number of nitrogens with two attached hydrogens (primary N) is 1. The Hall–Kier alpha value is -1.51. The minimum atomic E-state index is 0.490. The molecule has 3 heteroatoms. The summed E-state index contributed by atoms with van der Waals surface area (Å²) < 4.78 is 5.35. The molecule has 0 spiro atoms. The van der Waals surface area contributed by atoms with E-state index < -0.39 is 0 Å². The Kier molecular flexibility index (Phi) is 2.69. The second-order valence-corrected chi connectivity index (χ2v) is 2.41. The first-order valence-electron chi connectivity index (χ1n) is 3.83. The molecule has 0 aliphatic heterocycles. The van der Waals surface area contributed by atoms with E-state index in [1.165, 1.54) is 6.08 Å². The van der Waals surface area contributed by atoms with E-state index in [9.17, 15) is 0 Å². The zero-order chi connectivity index (χ0) is 8.97. The third kappa shape index (κ3) is 1.75. The summed E-state index contributed by atoms with van der Waals surface area (Å²) in [6.45, 7) is 2.01. The van der Waals surface area contributed by atoms with Gasteiger partial charge < -0.3 is 15.6 Å². The lowest BCUT2D eigenvalue weighted by atomic mass is 10.3. The van der Waals surface area contributed by atoms with Gasteiger partial charge in [0.15, 0.2) is 0 Å². The molecule has 0 saturated heterocycles. The molecular weight excluding hydrogens is 152 g/mol. The molecule has 0 aromatic carbocycles. The lowest BCUT2D eigenvalue weighted by molar-refractivity contribution is 0.503. The Morgan fingerprint density at radius 3 is 2.92 bits per heavy atom. The van der Waals surface area contributed by atoms with Gasteiger partial charge in [-0.2, -0.15) is 0 Å². The summed E-state index contributed by atoms with van der Waals surface area (Å²) in [5.41, 5.74) is 6.08. The van der Waals surface area contributed by atoms with Gasteiger partial charge in [0.05, 0.1) is 5.70 Å². The molecular formula is C9H12N2O. The Balaban J connectivity index is 2.88. The molecule has 1 aromatic heterocycles.